The Morgan fingerprint density at radius 1 is 1.45 bits per heavy atom. The first-order chi connectivity index (χ1) is 9.70. The molecule has 2 heterocycles. The van der Waals surface area contributed by atoms with Crippen molar-refractivity contribution in [3.63, 3.8) is 0 Å². The topological polar surface area (TPSA) is 68.5 Å². The fourth-order valence-corrected chi connectivity index (χ4v) is 2.16. The second-order valence-electron chi connectivity index (χ2n) is 4.27. The molecule has 0 bridgehead atoms. The monoisotopic (exact) mass is 340 g/mol. The van der Waals surface area contributed by atoms with Crippen molar-refractivity contribution in [2.24, 2.45) is 0 Å². The van der Waals surface area contributed by atoms with E-state index in [-0.39, 0.29) is 5.97 Å². The molecule has 0 radical (unpaired) electrons. The number of hydrogen-bond acceptors (Lipinski definition) is 5. The Balaban J connectivity index is 1.78. The third-order valence-corrected chi connectivity index (χ3v) is 3.20. The Labute approximate surface area is 125 Å². The summed E-state index contributed by atoms with van der Waals surface area (Å²) in [7, 11) is 0. The highest BCUT2D eigenvalue weighted by Gasteiger charge is 2.04. The molecule has 7 heteroatoms. The summed E-state index contributed by atoms with van der Waals surface area (Å²) in [4.78, 5) is 19.6. The van der Waals surface area contributed by atoms with E-state index >= 15 is 0 Å². The summed E-state index contributed by atoms with van der Waals surface area (Å²) in [6.45, 7) is 3.71. The zero-order valence-corrected chi connectivity index (χ0v) is 12.9. The van der Waals surface area contributed by atoms with Crippen LogP contribution in [0.2, 0.25) is 0 Å². The highest BCUT2D eigenvalue weighted by molar-refractivity contribution is 9.10. The average Bonchev–Trinajstić information content (AvgIpc) is 2.81. The van der Waals surface area contributed by atoms with Gasteiger partial charge in [0, 0.05) is 19.2 Å². The van der Waals surface area contributed by atoms with E-state index in [1.165, 1.54) is 0 Å². The number of imidazole rings is 1. The number of hydrogen-bond donors (Lipinski definition) is 1. The summed E-state index contributed by atoms with van der Waals surface area (Å²) in [6.07, 6.45) is 6.64. The predicted octanol–water partition coefficient (Wildman–Crippen LogP) is 1.92. The first-order valence-electron chi connectivity index (χ1n) is 6.54. The highest BCUT2D eigenvalue weighted by Crippen LogP contribution is 2.10. The Morgan fingerprint density at radius 3 is 3.10 bits per heavy atom. The molecule has 0 fully saturated rings. The standard InChI is InChI=1S/C13H17BrN4O2/c1-2-20-13(19)4-3-5-15-6-10-7-17-12-8-16-11(14)9-18(10)12/h7-9,15H,2-6H2,1H3. The van der Waals surface area contributed by atoms with Crippen LogP contribution in [-0.4, -0.2) is 33.5 Å². The number of carbonyl (C=O) groups is 1. The van der Waals surface area contributed by atoms with Crippen LogP contribution in [0.5, 0.6) is 0 Å². The number of carbonyl (C=O) groups excluding carboxylic acids is 1. The molecule has 20 heavy (non-hydrogen) atoms. The van der Waals surface area contributed by atoms with E-state index in [2.05, 4.69) is 31.2 Å². The number of nitrogens with one attached hydrogen (secondary N) is 1. The number of rotatable bonds is 7. The molecule has 0 atom stereocenters. The minimum Gasteiger partial charge on any atom is -0.466 e. The Morgan fingerprint density at radius 2 is 2.30 bits per heavy atom. The van der Waals surface area contributed by atoms with Gasteiger partial charge < -0.3 is 10.1 Å². The minimum atomic E-state index is -0.140. The molecule has 108 valence electrons. The largest absolute Gasteiger partial charge is 0.466 e. The lowest BCUT2D eigenvalue weighted by atomic mass is 10.3. The van der Waals surface area contributed by atoms with Crippen LogP contribution in [0.1, 0.15) is 25.5 Å². The Bertz CT molecular complexity index is 585. The summed E-state index contributed by atoms with van der Waals surface area (Å²) in [5.41, 5.74) is 1.87. The van der Waals surface area contributed by atoms with E-state index in [0.717, 1.165) is 28.9 Å². The lowest BCUT2D eigenvalue weighted by Crippen LogP contribution is -2.17. The van der Waals surface area contributed by atoms with E-state index in [1.54, 1.807) is 6.20 Å². The number of ether oxygens (including phenoxy) is 1. The SMILES string of the molecule is CCOC(=O)CCCNCc1cnc2cnc(Br)cn12. The van der Waals surface area contributed by atoms with Crippen LogP contribution in [0.15, 0.2) is 23.2 Å². The first-order valence-corrected chi connectivity index (χ1v) is 7.34. The van der Waals surface area contributed by atoms with Gasteiger partial charge in [0.1, 0.15) is 4.60 Å². The molecule has 0 amide bonds. The van der Waals surface area contributed by atoms with Crippen LogP contribution >= 0.6 is 15.9 Å². The van der Waals surface area contributed by atoms with Gasteiger partial charge in [-0.2, -0.15) is 0 Å². The van der Waals surface area contributed by atoms with Gasteiger partial charge in [0.15, 0.2) is 5.65 Å². The molecule has 0 aromatic carbocycles. The number of aromatic nitrogens is 3. The molecule has 0 spiro atoms. The normalized spacial score (nSPS) is 10.9. The molecule has 2 aromatic heterocycles. The van der Waals surface area contributed by atoms with Gasteiger partial charge in [-0.15, -0.1) is 0 Å². The molecule has 0 saturated carbocycles. The van der Waals surface area contributed by atoms with Crippen molar-refractivity contribution in [1.29, 1.82) is 0 Å². The Hall–Kier alpha value is -1.47. The molecule has 0 saturated heterocycles. The van der Waals surface area contributed by atoms with Crippen molar-refractivity contribution >= 4 is 27.5 Å². The quantitative estimate of drug-likeness (QED) is 0.616. The Kier molecular flexibility index (Phi) is 5.49. The fraction of sp³-hybridized carbons (Fsp3) is 0.462. The summed E-state index contributed by atoms with van der Waals surface area (Å²) in [5.74, 6) is -0.140. The number of esters is 1. The predicted molar refractivity (Wildman–Crippen MR) is 78.3 cm³/mol. The van der Waals surface area contributed by atoms with Crippen molar-refractivity contribution < 1.29 is 9.53 Å². The zero-order chi connectivity index (χ0) is 14.4. The first kappa shape index (κ1) is 14.9. The van der Waals surface area contributed by atoms with Crippen molar-refractivity contribution in [2.75, 3.05) is 13.2 Å². The number of nitrogens with zero attached hydrogens (tertiary/aromatic N) is 3. The molecule has 0 aliphatic heterocycles. The lowest BCUT2D eigenvalue weighted by molar-refractivity contribution is -0.143. The number of halogens is 1. The number of fused-ring (bicyclic) bond motifs is 1. The third kappa shape index (κ3) is 4.01. The lowest BCUT2D eigenvalue weighted by Gasteiger charge is -2.05. The molecular weight excluding hydrogens is 324 g/mol. The van der Waals surface area contributed by atoms with Crippen molar-refractivity contribution in [3.05, 3.63) is 28.9 Å². The van der Waals surface area contributed by atoms with Crippen LogP contribution < -0.4 is 5.32 Å². The van der Waals surface area contributed by atoms with Crippen LogP contribution in [0, 0.1) is 0 Å². The maximum Gasteiger partial charge on any atom is 0.305 e. The molecule has 2 aromatic rings. The summed E-state index contributed by atoms with van der Waals surface area (Å²) < 4.78 is 7.62. The van der Waals surface area contributed by atoms with E-state index in [9.17, 15) is 4.79 Å². The molecule has 1 N–H and O–H groups in total. The molecule has 2 rings (SSSR count). The van der Waals surface area contributed by atoms with Gasteiger partial charge in [-0.05, 0) is 35.8 Å². The highest BCUT2D eigenvalue weighted by atomic mass is 79.9. The average molecular weight is 341 g/mol. The summed E-state index contributed by atoms with van der Waals surface area (Å²) >= 11 is 3.34. The van der Waals surface area contributed by atoms with Crippen molar-refractivity contribution in [1.82, 2.24) is 19.7 Å². The third-order valence-electron chi connectivity index (χ3n) is 2.79. The maximum atomic E-state index is 11.2. The van der Waals surface area contributed by atoms with E-state index in [4.69, 9.17) is 4.74 Å². The van der Waals surface area contributed by atoms with Crippen molar-refractivity contribution in [2.45, 2.75) is 26.3 Å². The van der Waals surface area contributed by atoms with Gasteiger partial charge in [-0.1, -0.05) is 0 Å². The van der Waals surface area contributed by atoms with Crippen molar-refractivity contribution in [3.8, 4) is 0 Å². The summed E-state index contributed by atoms with van der Waals surface area (Å²) in [6, 6.07) is 0. The molecule has 0 unspecified atom stereocenters. The van der Waals surface area contributed by atoms with Crippen LogP contribution in [-0.2, 0) is 16.1 Å². The molecule has 6 nitrogen and oxygen atoms in total. The van der Waals surface area contributed by atoms with Crippen LogP contribution in [0.25, 0.3) is 5.65 Å². The molecule has 0 aliphatic carbocycles. The van der Waals surface area contributed by atoms with Gasteiger partial charge in [0.25, 0.3) is 0 Å². The van der Waals surface area contributed by atoms with Gasteiger partial charge in [-0.25, -0.2) is 9.97 Å². The smallest absolute Gasteiger partial charge is 0.305 e. The zero-order valence-electron chi connectivity index (χ0n) is 11.3. The van der Waals surface area contributed by atoms with Crippen LogP contribution in [0.4, 0.5) is 0 Å². The maximum absolute atomic E-state index is 11.2. The molecule has 0 aliphatic rings. The fourth-order valence-electron chi connectivity index (χ4n) is 1.85. The summed E-state index contributed by atoms with van der Waals surface area (Å²) in [5, 5.41) is 3.29. The van der Waals surface area contributed by atoms with E-state index in [1.807, 2.05) is 23.7 Å². The van der Waals surface area contributed by atoms with Crippen LogP contribution in [0.3, 0.4) is 0 Å². The van der Waals surface area contributed by atoms with Gasteiger partial charge in [-0.3, -0.25) is 9.20 Å². The van der Waals surface area contributed by atoms with E-state index < -0.39 is 0 Å². The van der Waals surface area contributed by atoms with Gasteiger partial charge in [0.05, 0.1) is 24.7 Å². The minimum absolute atomic E-state index is 0.140. The molecular formula is C13H17BrN4O2. The second kappa shape index (κ2) is 7.35. The van der Waals surface area contributed by atoms with Gasteiger partial charge >= 0.3 is 5.97 Å². The van der Waals surface area contributed by atoms with Gasteiger partial charge in [0.2, 0.25) is 0 Å². The second-order valence-corrected chi connectivity index (χ2v) is 5.09. The van der Waals surface area contributed by atoms with E-state index in [0.29, 0.717) is 19.6 Å².